The van der Waals surface area contributed by atoms with Crippen LogP contribution in [0.5, 0.6) is 0 Å². The third-order valence-corrected chi connectivity index (χ3v) is 5.47. The molecule has 1 saturated carbocycles. The zero-order chi connectivity index (χ0) is 19.4. The van der Waals surface area contributed by atoms with Crippen LogP contribution in [-0.2, 0) is 4.79 Å². The number of carbonyl (C=O) groups is 2. The number of hydrogen-bond acceptors (Lipinski definition) is 5. The summed E-state index contributed by atoms with van der Waals surface area (Å²) in [6, 6.07) is 11.9. The second-order valence-corrected chi connectivity index (χ2v) is 7.39. The zero-order valence-electron chi connectivity index (χ0n) is 15.4. The van der Waals surface area contributed by atoms with Crippen molar-refractivity contribution < 1.29 is 14.7 Å². The van der Waals surface area contributed by atoms with Crippen molar-refractivity contribution in [2.45, 2.75) is 50.7 Å². The molecule has 27 heavy (non-hydrogen) atoms. The van der Waals surface area contributed by atoms with Gasteiger partial charge in [0.15, 0.2) is 0 Å². The third kappa shape index (κ3) is 4.35. The monoisotopic (exact) mass is 369 g/mol. The second kappa shape index (κ2) is 8.61. The van der Waals surface area contributed by atoms with Crippen LogP contribution in [0.2, 0.25) is 0 Å². The highest BCUT2D eigenvalue weighted by molar-refractivity contribution is 6.12. The first-order chi connectivity index (χ1) is 13.0. The third-order valence-electron chi connectivity index (χ3n) is 5.47. The predicted octanol–water partition coefficient (Wildman–Crippen LogP) is 2.34. The van der Waals surface area contributed by atoms with Crippen LogP contribution in [0.3, 0.4) is 0 Å². The molecular formula is C21H27N3O3. The molecule has 3 rings (SSSR count). The molecule has 0 aromatic heterocycles. The van der Waals surface area contributed by atoms with Gasteiger partial charge < -0.3 is 10.8 Å². The number of carbonyl (C=O) groups excluding carboxylic acids is 2. The second-order valence-electron chi connectivity index (χ2n) is 7.39. The van der Waals surface area contributed by atoms with Crippen molar-refractivity contribution in [2.75, 3.05) is 0 Å². The molecule has 5 N–H and O–H groups in total. The predicted molar refractivity (Wildman–Crippen MR) is 104 cm³/mol. The van der Waals surface area contributed by atoms with E-state index in [2.05, 4.69) is 0 Å². The molecule has 0 spiro atoms. The minimum absolute atomic E-state index is 0.317. The van der Waals surface area contributed by atoms with E-state index in [9.17, 15) is 14.7 Å². The van der Waals surface area contributed by atoms with Gasteiger partial charge in [0, 0.05) is 11.6 Å². The Morgan fingerprint density at radius 1 is 1.07 bits per heavy atom. The van der Waals surface area contributed by atoms with E-state index in [0.29, 0.717) is 28.3 Å². The fourth-order valence-electron chi connectivity index (χ4n) is 3.90. The van der Waals surface area contributed by atoms with Gasteiger partial charge in [-0.2, -0.15) is 0 Å². The Hall–Kier alpha value is -2.28. The van der Waals surface area contributed by atoms with Gasteiger partial charge in [-0.1, -0.05) is 68.5 Å². The van der Waals surface area contributed by atoms with Crippen molar-refractivity contribution in [1.29, 1.82) is 0 Å². The number of fused-ring (bicyclic) bond motifs is 1. The summed E-state index contributed by atoms with van der Waals surface area (Å²) in [5.41, 5.74) is 6.37. The maximum absolute atomic E-state index is 12.7. The van der Waals surface area contributed by atoms with E-state index in [4.69, 9.17) is 11.6 Å². The standard InChI is InChI=1S/C21H27N3O3/c22-18(13-14-7-2-1-3-8-14)19(25)21(27)24(23)20(26)17-12-6-10-15-9-4-5-11-16(15)17/h4-6,9-12,14,18-19,25H,1-3,7-8,13,22-23H2/t18-,19?/m1/s1. The zero-order valence-corrected chi connectivity index (χ0v) is 15.4. The van der Waals surface area contributed by atoms with E-state index in [1.54, 1.807) is 18.2 Å². The molecule has 2 atom stereocenters. The summed E-state index contributed by atoms with van der Waals surface area (Å²) in [5.74, 6) is 4.67. The van der Waals surface area contributed by atoms with Crippen LogP contribution < -0.4 is 11.6 Å². The first kappa shape index (κ1) is 19.5. The minimum atomic E-state index is -1.49. The molecule has 2 aromatic rings. The van der Waals surface area contributed by atoms with Gasteiger partial charge in [0.2, 0.25) is 0 Å². The lowest BCUT2D eigenvalue weighted by molar-refractivity contribution is -0.138. The number of imide groups is 1. The molecule has 0 heterocycles. The van der Waals surface area contributed by atoms with Gasteiger partial charge in [-0.05, 0) is 29.2 Å². The molecule has 144 valence electrons. The minimum Gasteiger partial charge on any atom is -0.382 e. The lowest BCUT2D eigenvalue weighted by Gasteiger charge is -2.28. The van der Waals surface area contributed by atoms with Crippen LogP contribution in [0.1, 0.15) is 48.9 Å². The number of nitrogens with two attached hydrogens (primary N) is 2. The Balaban J connectivity index is 1.70. The van der Waals surface area contributed by atoms with E-state index >= 15 is 0 Å². The Morgan fingerprint density at radius 3 is 2.48 bits per heavy atom. The Morgan fingerprint density at radius 2 is 1.74 bits per heavy atom. The van der Waals surface area contributed by atoms with Gasteiger partial charge in [-0.15, -0.1) is 0 Å². The highest BCUT2D eigenvalue weighted by atomic mass is 16.3. The highest BCUT2D eigenvalue weighted by Gasteiger charge is 2.32. The summed E-state index contributed by atoms with van der Waals surface area (Å²) >= 11 is 0. The van der Waals surface area contributed by atoms with Gasteiger partial charge in [0.1, 0.15) is 6.10 Å². The summed E-state index contributed by atoms with van der Waals surface area (Å²) in [5, 5.41) is 12.4. The number of aliphatic hydroxyl groups excluding tert-OH is 1. The van der Waals surface area contributed by atoms with Gasteiger partial charge in [0.25, 0.3) is 11.8 Å². The van der Waals surface area contributed by atoms with Crippen molar-refractivity contribution in [3.8, 4) is 0 Å². The van der Waals surface area contributed by atoms with E-state index in [-0.39, 0.29) is 0 Å². The molecule has 1 aliphatic carbocycles. The first-order valence-corrected chi connectivity index (χ1v) is 9.53. The van der Waals surface area contributed by atoms with Gasteiger partial charge in [0.05, 0.1) is 0 Å². The molecule has 6 heteroatoms. The fraction of sp³-hybridized carbons (Fsp3) is 0.429. The van der Waals surface area contributed by atoms with Crippen molar-refractivity contribution in [3.63, 3.8) is 0 Å². The lowest BCUT2D eigenvalue weighted by atomic mass is 9.84. The maximum Gasteiger partial charge on any atom is 0.275 e. The molecule has 1 aliphatic rings. The average molecular weight is 369 g/mol. The Kier molecular flexibility index (Phi) is 6.21. The summed E-state index contributed by atoms with van der Waals surface area (Å²) in [6.07, 6.45) is 4.74. The van der Waals surface area contributed by atoms with Crippen LogP contribution in [0.4, 0.5) is 0 Å². The molecule has 2 aromatic carbocycles. The summed E-state index contributed by atoms with van der Waals surface area (Å²) in [6.45, 7) is 0. The fourth-order valence-corrected chi connectivity index (χ4v) is 3.90. The van der Waals surface area contributed by atoms with Crippen LogP contribution >= 0.6 is 0 Å². The SMILES string of the molecule is N[C@H](CC1CCCCC1)C(O)C(=O)N(N)C(=O)c1cccc2ccccc12. The van der Waals surface area contributed by atoms with Crippen molar-refractivity contribution in [1.82, 2.24) is 5.01 Å². The largest absolute Gasteiger partial charge is 0.382 e. The topological polar surface area (TPSA) is 110 Å². The summed E-state index contributed by atoms with van der Waals surface area (Å²) < 4.78 is 0. The molecule has 6 nitrogen and oxygen atoms in total. The van der Waals surface area contributed by atoms with E-state index < -0.39 is 24.0 Å². The number of rotatable bonds is 5. The van der Waals surface area contributed by atoms with Gasteiger partial charge in [-0.25, -0.2) is 10.9 Å². The van der Waals surface area contributed by atoms with Crippen molar-refractivity contribution >= 4 is 22.6 Å². The van der Waals surface area contributed by atoms with E-state index in [1.165, 1.54) is 6.42 Å². The Bertz CT molecular complexity index is 812. The van der Waals surface area contributed by atoms with Crippen LogP contribution in [-0.4, -0.2) is 34.1 Å². The first-order valence-electron chi connectivity index (χ1n) is 9.53. The van der Waals surface area contributed by atoms with Crippen molar-refractivity contribution in [3.05, 3.63) is 48.0 Å². The Labute approximate surface area is 159 Å². The molecular weight excluding hydrogens is 342 g/mol. The number of aliphatic hydroxyl groups is 1. The number of amides is 2. The maximum atomic E-state index is 12.7. The molecule has 2 amide bonds. The lowest BCUT2D eigenvalue weighted by Crippen LogP contribution is -2.53. The van der Waals surface area contributed by atoms with Crippen LogP contribution in [0.15, 0.2) is 42.5 Å². The van der Waals surface area contributed by atoms with Gasteiger partial charge in [-0.3, -0.25) is 9.59 Å². The molecule has 0 radical (unpaired) electrons. The number of hydrazine groups is 1. The van der Waals surface area contributed by atoms with E-state index in [1.807, 2.05) is 24.3 Å². The summed E-state index contributed by atoms with van der Waals surface area (Å²) in [7, 11) is 0. The van der Waals surface area contributed by atoms with E-state index in [0.717, 1.165) is 31.1 Å². The van der Waals surface area contributed by atoms with Gasteiger partial charge >= 0.3 is 0 Å². The number of hydrogen-bond donors (Lipinski definition) is 3. The molecule has 0 saturated heterocycles. The average Bonchev–Trinajstić information content (AvgIpc) is 2.71. The number of nitrogens with zero attached hydrogens (tertiary/aromatic N) is 1. The quantitative estimate of drug-likeness (QED) is 0.426. The van der Waals surface area contributed by atoms with Crippen molar-refractivity contribution in [2.24, 2.45) is 17.5 Å². The van der Waals surface area contributed by atoms with Crippen LogP contribution in [0.25, 0.3) is 10.8 Å². The smallest absolute Gasteiger partial charge is 0.275 e. The summed E-state index contributed by atoms with van der Waals surface area (Å²) in [4.78, 5) is 25.3. The number of benzene rings is 2. The normalized spacial score (nSPS) is 17.4. The highest BCUT2D eigenvalue weighted by Crippen LogP contribution is 2.27. The molecule has 1 unspecified atom stereocenters. The molecule has 0 bridgehead atoms. The van der Waals surface area contributed by atoms with Crippen LogP contribution in [0, 0.1) is 5.92 Å². The molecule has 0 aliphatic heterocycles. The molecule has 1 fully saturated rings.